The molecule has 0 bridgehead atoms. The van der Waals surface area contributed by atoms with E-state index in [0.29, 0.717) is 13.0 Å². The van der Waals surface area contributed by atoms with E-state index in [1.807, 2.05) is 45.0 Å². The molecule has 0 heterocycles. The van der Waals surface area contributed by atoms with Gasteiger partial charge in [0.05, 0.1) is 0 Å². The molecule has 0 aromatic heterocycles. The molecular formula is C16H24N2O3. The maximum absolute atomic E-state index is 11.8. The second-order valence-electron chi connectivity index (χ2n) is 6.00. The van der Waals surface area contributed by atoms with Gasteiger partial charge in [-0.2, -0.15) is 0 Å². The molecule has 0 aliphatic carbocycles. The molecule has 0 unspecified atom stereocenters. The number of rotatable bonds is 7. The van der Waals surface area contributed by atoms with Crippen molar-refractivity contribution in [3.05, 3.63) is 29.8 Å². The summed E-state index contributed by atoms with van der Waals surface area (Å²) in [6, 6.07) is 7.34. The number of amides is 2. The number of para-hydroxylation sites is 1. The molecule has 0 aliphatic rings. The van der Waals surface area contributed by atoms with Crippen LogP contribution in [0.3, 0.4) is 0 Å². The Morgan fingerprint density at radius 1 is 1.19 bits per heavy atom. The Bertz CT molecular complexity index is 498. The van der Waals surface area contributed by atoms with Crippen molar-refractivity contribution in [1.29, 1.82) is 0 Å². The van der Waals surface area contributed by atoms with Crippen LogP contribution < -0.4 is 10.6 Å². The van der Waals surface area contributed by atoms with Gasteiger partial charge in [-0.3, -0.25) is 4.79 Å². The van der Waals surface area contributed by atoms with Crippen LogP contribution in [0.4, 0.5) is 10.5 Å². The van der Waals surface area contributed by atoms with E-state index in [9.17, 15) is 9.59 Å². The molecule has 3 N–H and O–H groups in total. The molecule has 5 heteroatoms. The van der Waals surface area contributed by atoms with Crippen molar-refractivity contribution < 1.29 is 14.7 Å². The van der Waals surface area contributed by atoms with Gasteiger partial charge in [0.1, 0.15) is 0 Å². The Hall–Kier alpha value is -2.04. The topological polar surface area (TPSA) is 78.4 Å². The third-order valence-corrected chi connectivity index (χ3v) is 3.50. The molecule has 0 saturated heterocycles. The molecule has 0 atom stereocenters. The first kappa shape index (κ1) is 17.0. The molecule has 1 aromatic carbocycles. The quantitative estimate of drug-likeness (QED) is 0.720. The van der Waals surface area contributed by atoms with Crippen LogP contribution in [0, 0.1) is 12.3 Å². The first-order valence-electron chi connectivity index (χ1n) is 7.12. The smallest absolute Gasteiger partial charge is 0.319 e. The minimum Gasteiger partial charge on any atom is -0.481 e. The number of hydrogen-bond donors (Lipinski definition) is 3. The standard InChI is InChI=1S/C16H24N2O3/c1-12-6-4-5-7-13(12)18-15(21)17-11-10-16(2,3)9-8-14(19)20/h4-7H,8-11H2,1-3H3,(H,19,20)(H2,17,18,21). The average Bonchev–Trinajstić information content (AvgIpc) is 2.39. The lowest BCUT2D eigenvalue weighted by molar-refractivity contribution is -0.137. The first-order valence-corrected chi connectivity index (χ1v) is 7.12. The van der Waals surface area contributed by atoms with Crippen LogP contribution >= 0.6 is 0 Å². The number of nitrogens with one attached hydrogen (secondary N) is 2. The fourth-order valence-corrected chi connectivity index (χ4v) is 1.96. The second kappa shape index (κ2) is 7.67. The number of carboxylic acid groups (broad SMARTS) is 1. The van der Waals surface area contributed by atoms with E-state index in [2.05, 4.69) is 10.6 Å². The molecule has 5 nitrogen and oxygen atoms in total. The van der Waals surface area contributed by atoms with Crippen LogP contribution in [0.15, 0.2) is 24.3 Å². The van der Waals surface area contributed by atoms with Crippen LogP contribution in [-0.2, 0) is 4.79 Å². The van der Waals surface area contributed by atoms with Crippen LogP contribution in [-0.4, -0.2) is 23.7 Å². The fraction of sp³-hybridized carbons (Fsp3) is 0.500. The zero-order valence-corrected chi connectivity index (χ0v) is 12.9. The Labute approximate surface area is 125 Å². The maximum Gasteiger partial charge on any atom is 0.319 e. The highest BCUT2D eigenvalue weighted by molar-refractivity contribution is 5.89. The highest BCUT2D eigenvalue weighted by Crippen LogP contribution is 2.26. The summed E-state index contributed by atoms with van der Waals surface area (Å²) >= 11 is 0. The van der Waals surface area contributed by atoms with Gasteiger partial charge < -0.3 is 15.7 Å². The van der Waals surface area contributed by atoms with Crippen molar-refractivity contribution in [2.45, 2.75) is 40.0 Å². The number of aryl methyl sites for hydroxylation is 1. The van der Waals surface area contributed by atoms with Crippen LogP contribution in [0.5, 0.6) is 0 Å². The summed E-state index contributed by atoms with van der Waals surface area (Å²) in [4.78, 5) is 22.4. The van der Waals surface area contributed by atoms with Gasteiger partial charge in [-0.05, 0) is 36.8 Å². The van der Waals surface area contributed by atoms with Crippen molar-refractivity contribution >= 4 is 17.7 Å². The second-order valence-corrected chi connectivity index (χ2v) is 6.00. The Morgan fingerprint density at radius 3 is 2.48 bits per heavy atom. The summed E-state index contributed by atoms with van der Waals surface area (Å²) in [5.74, 6) is -0.784. The van der Waals surface area contributed by atoms with E-state index in [-0.39, 0.29) is 17.9 Å². The lowest BCUT2D eigenvalue weighted by atomic mass is 9.84. The predicted octanol–water partition coefficient (Wildman–Crippen LogP) is 3.40. The number of carbonyl (C=O) groups is 2. The van der Waals surface area contributed by atoms with Gasteiger partial charge in [-0.15, -0.1) is 0 Å². The molecule has 2 amide bonds. The summed E-state index contributed by atoms with van der Waals surface area (Å²) < 4.78 is 0. The Morgan fingerprint density at radius 2 is 1.86 bits per heavy atom. The molecule has 21 heavy (non-hydrogen) atoms. The van der Waals surface area contributed by atoms with E-state index in [1.165, 1.54) is 0 Å². The summed E-state index contributed by atoms with van der Waals surface area (Å²) in [7, 11) is 0. The van der Waals surface area contributed by atoms with Gasteiger partial charge in [0.2, 0.25) is 0 Å². The molecule has 0 radical (unpaired) electrons. The largest absolute Gasteiger partial charge is 0.481 e. The van der Waals surface area contributed by atoms with Crippen molar-refractivity contribution in [1.82, 2.24) is 5.32 Å². The van der Waals surface area contributed by atoms with Gasteiger partial charge in [-0.1, -0.05) is 32.0 Å². The summed E-state index contributed by atoms with van der Waals surface area (Å²) in [5.41, 5.74) is 1.70. The van der Waals surface area contributed by atoms with Crippen molar-refractivity contribution in [3.8, 4) is 0 Å². The van der Waals surface area contributed by atoms with E-state index < -0.39 is 5.97 Å². The molecule has 1 rings (SSSR count). The molecule has 0 aliphatic heterocycles. The van der Waals surface area contributed by atoms with E-state index in [4.69, 9.17) is 5.11 Å². The zero-order valence-electron chi connectivity index (χ0n) is 12.9. The van der Waals surface area contributed by atoms with Crippen molar-refractivity contribution in [2.24, 2.45) is 5.41 Å². The molecule has 0 saturated carbocycles. The van der Waals surface area contributed by atoms with Gasteiger partial charge in [-0.25, -0.2) is 4.79 Å². The number of anilines is 1. The average molecular weight is 292 g/mol. The number of hydrogen-bond acceptors (Lipinski definition) is 2. The van der Waals surface area contributed by atoms with E-state index >= 15 is 0 Å². The summed E-state index contributed by atoms with van der Waals surface area (Å²) in [5, 5.41) is 14.3. The molecular weight excluding hydrogens is 268 g/mol. The third-order valence-electron chi connectivity index (χ3n) is 3.50. The number of carbonyl (C=O) groups excluding carboxylic acids is 1. The van der Waals surface area contributed by atoms with Crippen LogP contribution in [0.1, 0.15) is 38.7 Å². The third kappa shape index (κ3) is 6.79. The maximum atomic E-state index is 11.8. The Balaban J connectivity index is 2.33. The molecule has 116 valence electrons. The minimum atomic E-state index is -0.784. The Kier molecular flexibility index (Phi) is 6.21. The SMILES string of the molecule is Cc1ccccc1NC(=O)NCCC(C)(C)CCC(=O)O. The number of aliphatic carboxylic acids is 1. The minimum absolute atomic E-state index is 0.103. The monoisotopic (exact) mass is 292 g/mol. The summed E-state index contributed by atoms with van der Waals surface area (Å²) in [6.07, 6.45) is 1.49. The van der Waals surface area contributed by atoms with Gasteiger partial charge in [0.15, 0.2) is 0 Å². The molecule has 1 aromatic rings. The van der Waals surface area contributed by atoms with E-state index in [0.717, 1.165) is 17.7 Å². The highest BCUT2D eigenvalue weighted by atomic mass is 16.4. The van der Waals surface area contributed by atoms with Crippen LogP contribution in [0.25, 0.3) is 0 Å². The normalized spacial score (nSPS) is 11.0. The number of carboxylic acids is 1. The van der Waals surface area contributed by atoms with E-state index in [1.54, 1.807) is 0 Å². The lowest BCUT2D eigenvalue weighted by Gasteiger charge is -2.23. The molecule has 0 fully saturated rings. The molecule has 0 spiro atoms. The fourth-order valence-electron chi connectivity index (χ4n) is 1.96. The summed E-state index contributed by atoms with van der Waals surface area (Å²) in [6.45, 7) is 6.47. The van der Waals surface area contributed by atoms with Crippen molar-refractivity contribution in [3.63, 3.8) is 0 Å². The van der Waals surface area contributed by atoms with Gasteiger partial charge in [0.25, 0.3) is 0 Å². The number of urea groups is 1. The highest BCUT2D eigenvalue weighted by Gasteiger charge is 2.19. The first-order chi connectivity index (χ1) is 9.80. The lowest BCUT2D eigenvalue weighted by Crippen LogP contribution is -2.32. The zero-order chi connectivity index (χ0) is 15.9. The number of benzene rings is 1. The van der Waals surface area contributed by atoms with Crippen LogP contribution in [0.2, 0.25) is 0 Å². The van der Waals surface area contributed by atoms with Gasteiger partial charge in [0, 0.05) is 18.7 Å². The van der Waals surface area contributed by atoms with Crippen molar-refractivity contribution in [2.75, 3.05) is 11.9 Å². The predicted molar refractivity (Wildman–Crippen MR) is 83.5 cm³/mol. The van der Waals surface area contributed by atoms with Gasteiger partial charge >= 0.3 is 12.0 Å².